The molecule has 4 rings (SSSR count). The number of carbonyl (C=O) groups is 3. The lowest BCUT2D eigenvalue weighted by atomic mass is 10.1. The zero-order valence-electron chi connectivity index (χ0n) is 21.3. The second kappa shape index (κ2) is 12.7. The first kappa shape index (κ1) is 25.9. The van der Waals surface area contributed by atoms with Gasteiger partial charge in [0.2, 0.25) is 5.91 Å². The highest BCUT2D eigenvalue weighted by atomic mass is 16.2. The zero-order chi connectivity index (χ0) is 26.0. The molecule has 3 aromatic carbocycles. The molecule has 192 valence electrons. The molecular weight excluding hydrogens is 464 g/mol. The SMILES string of the molecule is CCN(C(=O)c1cccc(NC(=O)CNc2cccc(C(=O)N3CCCCCC3)c2)c1)c1ccccc1. The van der Waals surface area contributed by atoms with Crippen LogP contribution in [0.3, 0.4) is 0 Å². The smallest absolute Gasteiger partial charge is 0.258 e. The number of hydrogen-bond donors (Lipinski definition) is 2. The minimum absolute atomic E-state index is 0.0324. The Bertz CT molecular complexity index is 1220. The second-order valence-corrected chi connectivity index (χ2v) is 9.15. The van der Waals surface area contributed by atoms with Crippen LogP contribution in [-0.2, 0) is 4.79 Å². The lowest BCUT2D eigenvalue weighted by Gasteiger charge is -2.21. The van der Waals surface area contributed by atoms with Gasteiger partial charge >= 0.3 is 0 Å². The van der Waals surface area contributed by atoms with Crippen LogP contribution < -0.4 is 15.5 Å². The third-order valence-corrected chi connectivity index (χ3v) is 6.48. The summed E-state index contributed by atoms with van der Waals surface area (Å²) in [4.78, 5) is 42.3. The minimum atomic E-state index is -0.246. The van der Waals surface area contributed by atoms with Gasteiger partial charge in [-0.3, -0.25) is 14.4 Å². The van der Waals surface area contributed by atoms with E-state index in [2.05, 4.69) is 10.6 Å². The van der Waals surface area contributed by atoms with Crippen LogP contribution in [0.15, 0.2) is 78.9 Å². The molecule has 7 nitrogen and oxygen atoms in total. The summed E-state index contributed by atoms with van der Waals surface area (Å²) in [5.41, 5.74) is 3.20. The largest absolute Gasteiger partial charge is 0.376 e. The third-order valence-electron chi connectivity index (χ3n) is 6.48. The topological polar surface area (TPSA) is 81.8 Å². The molecule has 0 radical (unpaired) electrons. The molecule has 37 heavy (non-hydrogen) atoms. The molecule has 2 N–H and O–H groups in total. The first-order valence-electron chi connectivity index (χ1n) is 12.9. The summed E-state index contributed by atoms with van der Waals surface area (Å²) in [6.45, 7) is 4.08. The predicted octanol–water partition coefficient (Wildman–Crippen LogP) is 5.42. The maximum atomic E-state index is 13.1. The second-order valence-electron chi connectivity index (χ2n) is 9.15. The Morgan fingerprint density at radius 2 is 1.43 bits per heavy atom. The summed E-state index contributed by atoms with van der Waals surface area (Å²) in [5.74, 6) is -0.342. The molecule has 0 spiro atoms. The Morgan fingerprint density at radius 1 is 0.784 bits per heavy atom. The van der Waals surface area contributed by atoms with Crippen molar-refractivity contribution in [1.29, 1.82) is 0 Å². The van der Waals surface area contributed by atoms with E-state index in [-0.39, 0.29) is 24.3 Å². The molecule has 1 aliphatic heterocycles. The van der Waals surface area contributed by atoms with Crippen molar-refractivity contribution in [2.75, 3.05) is 41.7 Å². The van der Waals surface area contributed by atoms with E-state index in [1.54, 1.807) is 35.2 Å². The van der Waals surface area contributed by atoms with E-state index in [0.29, 0.717) is 29.0 Å². The van der Waals surface area contributed by atoms with E-state index < -0.39 is 0 Å². The van der Waals surface area contributed by atoms with Crippen LogP contribution >= 0.6 is 0 Å². The quantitative estimate of drug-likeness (QED) is 0.435. The zero-order valence-corrected chi connectivity index (χ0v) is 21.3. The van der Waals surface area contributed by atoms with Crippen LogP contribution in [-0.4, -0.2) is 48.8 Å². The molecule has 7 heteroatoms. The molecule has 1 heterocycles. The first-order chi connectivity index (χ1) is 18.0. The monoisotopic (exact) mass is 498 g/mol. The number of hydrogen-bond acceptors (Lipinski definition) is 4. The molecular formula is C30H34N4O3. The summed E-state index contributed by atoms with van der Waals surface area (Å²) >= 11 is 0. The summed E-state index contributed by atoms with van der Waals surface area (Å²) < 4.78 is 0. The molecule has 1 aliphatic rings. The molecule has 0 saturated carbocycles. The van der Waals surface area contributed by atoms with E-state index in [0.717, 1.165) is 31.6 Å². The maximum absolute atomic E-state index is 13.1. The number of nitrogens with one attached hydrogen (secondary N) is 2. The van der Waals surface area contributed by atoms with Gasteiger partial charge < -0.3 is 20.4 Å². The number of nitrogens with zero attached hydrogens (tertiary/aromatic N) is 2. The number of amides is 3. The minimum Gasteiger partial charge on any atom is -0.376 e. The van der Waals surface area contributed by atoms with Gasteiger partial charge in [-0.2, -0.15) is 0 Å². The molecule has 0 aliphatic carbocycles. The van der Waals surface area contributed by atoms with E-state index >= 15 is 0 Å². The van der Waals surface area contributed by atoms with Crippen molar-refractivity contribution in [3.05, 3.63) is 90.0 Å². The first-order valence-corrected chi connectivity index (χ1v) is 12.9. The van der Waals surface area contributed by atoms with Crippen LogP contribution in [0.4, 0.5) is 17.1 Å². The summed E-state index contributed by atoms with van der Waals surface area (Å²) in [5, 5.41) is 5.96. The van der Waals surface area contributed by atoms with Gasteiger partial charge in [0.15, 0.2) is 0 Å². The van der Waals surface area contributed by atoms with Crippen LogP contribution in [0.2, 0.25) is 0 Å². The van der Waals surface area contributed by atoms with Crippen molar-refractivity contribution in [1.82, 2.24) is 4.90 Å². The van der Waals surface area contributed by atoms with Gasteiger partial charge in [-0.05, 0) is 68.3 Å². The van der Waals surface area contributed by atoms with Crippen molar-refractivity contribution in [2.45, 2.75) is 32.6 Å². The molecule has 1 saturated heterocycles. The van der Waals surface area contributed by atoms with Gasteiger partial charge in [0.05, 0.1) is 6.54 Å². The number of benzene rings is 3. The molecule has 3 amide bonds. The fourth-order valence-corrected chi connectivity index (χ4v) is 4.54. The Labute approximate surface area is 218 Å². The molecule has 1 fully saturated rings. The van der Waals surface area contributed by atoms with Gasteiger partial charge in [-0.15, -0.1) is 0 Å². The average molecular weight is 499 g/mol. The molecule has 0 bridgehead atoms. The Balaban J connectivity index is 1.35. The summed E-state index contributed by atoms with van der Waals surface area (Å²) in [6.07, 6.45) is 4.42. The highest BCUT2D eigenvalue weighted by molar-refractivity contribution is 6.07. The van der Waals surface area contributed by atoms with Crippen LogP contribution in [0.5, 0.6) is 0 Å². The van der Waals surface area contributed by atoms with Crippen molar-refractivity contribution in [2.24, 2.45) is 0 Å². The highest BCUT2D eigenvalue weighted by Crippen LogP contribution is 2.19. The number of para-hydroxylation sites is 1. The van der Waals surface area contributed by atoms with Crippen molar-refractivity contribution in [3.8, 4) is 0 Å². The Kier molecular flexibility index (Phi) is 8.92. The standard InChI is InChI=1S/C30H34N4O3/c1-2-34(27-16-6-5-7-17-27)30(37)24-13-11-15-26(21-24)32-28(35)22-31-25-14-10-12-23(20-25)29(36)33-18-8-3-4-9-19-33/h5-7,10-17,20-21,31H,2-4,8-9,18-19,22H2,1H3,(H,32,35). The lowest BCUT2D eigenvalue weighted by Crippen LogP contribution is -2.31. The van der Waals surface area contributed by atoms with Gasteiger partial charge in [0, 0.05) is 47.8 Å². The van der Waals surface area contributed by atoms with Crippen molar-refractivity contribution >= 4 is 34.8 Å². The van der Waals surface area contributed by atoms with E-state index in [4.69, 9.17) is 0 Å². The number of likely N-dealkylation sites (tertiary alicyclic amines) is 1. The fraction of sp³-hybridized carbons (Fsp3) is 0.300. The van der Waals surface area contributed by atoms with Crippen LogP contribution in [0.25, 0.3) is 0 Å². The van der Waals surface area contributed by atoms with Crippen molar-refractivity contribution in [3.63, 3.8) is 0 Å². The average Bonchev–Trinajstić information content (AvgIpc) is 3.22. The van der Waals surface area contributed by atoms with Crippen LogP contribution in [0, 0.1) is 0 Å². The Morgan fingerprint density at radius 3 is 2.14 bits per heavy atom. The number of rotatable bonds is 8. The fourth-order valence-electron chi connectivity index (χ4n) is 4.54. The maximum Gasteiger partial charge on any atom is 0.258 e. The van der Waals surface area contributed by atoms with Crippen LogP contribution in [0.1, 0.15) is 53.3 Å². The molecule has 0 unspecified atom stereocenters. The molecule has 0 atom stereocenters. The summed E-state index contributed by atoms with van der Waals surface area (Å²) in [7, 11) is 0. The normalized spacial score (nSPS) is 13.4. The number of carbonyl (C=O) groups excluding carboxylic acids is 3. The van der Waals surface area contributed by atoms with E-state index in [9.17, 15) is 14.4 Å². The Hall–Kier alpha value is -4.13. The highest BCUT2D eigenvalue weighted by Gasteiger charge is 2.18. The van der Waals surface area contributed by atoms with Gasteiger partial charge in [-0.25, -0.2) is 0 Å². The van der Waals surface area contributed by atoms with Gasteiger partial charge in [0.1, 0.15) is 0 Å². The van der Waals surface area contributed by atoms with Gasteiger partial charge in [0.25, 0.3) is 11.8 Å². The molecule has 3 aromatic rings. The van der Waals surface area contributed by atoms with Gasteiger partial charge in [-0.1, -0.05) is 43.2 Å². The molecule has 0 aromatic heterocycles. The van der Waals surface area contributed by atoms with Crippen molar-refractivity contribution < 1.29 is 14.4 Å². The lowest BCUT2D eigenvalue weighted by molar-refractivity contribution is -0.114. The number of anilines is 3. The third kappa shape index (κ3) is 6.97. The van der Waals surface area contributed by atoms with E-state index in [1.807, 2.05) is 60.4 Å². The predicted molar refractivity (Wildman–Crippen MR) is 148 cm³/mol. The summed E-state index contributed by atoms with van der Waals surface area (Å²) in [6, 6.07) is 23.7. The van der Waals surface area contributed by atoms with E-state index in [1.165, 1.54) is 12.8 Å².